The molecule has 4 heteroatoms. The predicted molar refractivity (Wildman–Crippen MR) is 37.3 cm³/mol. The second kappa shape index (κ2) is 2.06. The highest BCUT2D eigenvalue weighted by molar-refractivity contribution is 6.35. The first-order valence-electron chi connectivity index (χ1n) is 2.59. The van der Waals surface area contributed by atoms with E-state index in [1.807, 2.05) is 0 Å². The van der Waals surface area contributed by atoms with Crippen molar-refractivity contribution in [3.63, 3.8) is 0 Å². The minimum absolute atomic E-state index is 0.335. The van der Waals surface area contributed by atoms with Crippen LogP contribution in [0.4, 0.5) is 0 Å². The topological polar surface area (TPSA) is 53.1 Å². The average Bonchev–Trinajstić information content (AvgIpc) is 2.13. The van der Waals surface area contributed by atoms with Crippen molar-refractivity contribution in [1.29, 1.82) is 0 Å². The minimum Gasteiger partial charge on any atom is -0.477 e. The number of hydrogen-bond donors (Lipinski definition) is 2. The minimum atomic E-state index is -0.870. The van der Waals surface area contributed by atoms with Crippen LogP contribution in [0.2, 0.25) is 0 Å². The second-order valence-electron chi connectivity index (χ2n) is 1.84. The summed E-state index contributed by atoms with van der Waals surface area (Å²) in [7, 11) is 0.783. The van der Waals surface area contributed by atoms with E-state index in [9.17, 15) is 4.79 Å². The monoisotopic (exact) mass is 141 g/mol. The molecule has 0 radical (unpaired) electrons. The molecule has 0 aliphatic rings. The number of nitrogens with one attached hydrogen (secondary N) is 1. The van der Waals surface area contributed by atoms with E-state index >= 15 is 0 Å². The number of carboxylic acid groups (broad SMARTS) is 1. The van der Waals surface area contributed by atoms with Crippen molar-refractivity contribution < 1.29 is 9.90 Å². The Morgan fingerprint density at radius 1 is 1.78 bits per heavy atom. The zero-order valence-corrected chi connectivity index (χ0v) is 7.01. The number of H-pyrrole nitrogens is 1. The van der Waals surface area contributed by atoms with Crippen LogP contribution in [0.15, 0.2) is 12.3 Å². The summed E-state index contributed by atoms with van der Waals surface area (Å²) in [6, 6.07) is 1.79. The fourth-order valence-electron chi connectivity index (χ4n) is 0.678. The Balaban J connectivity index is 3.08. The van der Waals surface area contributed by atoms with Gasteiger partial charge in [-0.2, -0.15) is 0 Å². The third kappa shape index (κ3) is 1.02. The first-order chi connectivity index (χ1) is 4.22. The molecule has 0 atom stereocenters. The molecule has 0 amide bonds. The van der Waals surface area contributed by atoms with Gasteiger partial charge >= 0.3 is 5.97 Å². The lowest BCUT2D eigenvalue weighted by molar-refractivity contribution is 0.0693. The van der Waals surface area contributed by atoms with Crippen molar-refractivity contribution >= 4 is 21.4 Å². The van der Waals surface area contributed by atoms with Crippen molar-refractivity contribution in [2.45, 2.75) is 0 Å². The van der Waals surface area contributed by atoms with Gasteiger partial charge in [-0.3, -0.25) is 0 Å². The van der Waals surface area contributed by atoms with E-state index in [2.05, 4.69) is 4.98 Å². The summed E-state index contributed by atoms with van der Waals surface area (Å²) in [5.74, 6) is -0.870. The molecule has 0 spiro atoms. The molecular formula is C5H7NO2Si. The Morgan fingerprint density at radius 3 is 2.67 bits per heavy atom. The highest BCUT2D eigenvalue weighted by Gasteiger charge is 2.04. The third-order valence-electron chi connectivity index (χ3n) is 1.17. The average molecular weight is 141 g/mol. The molecule has 0 fully saturated rings. The van der Waals surface area contributed by atoms with Crippen LogP contribution >= 0.6 is 0 Å². The van der Waals surface area contributed by atoms with Crippen molar-refractivity contribution in [1.82, 2.24) is 4.98 Å². The molecular weight excluding hydrogens is 134 g/mol. The zero-order chi connectivity index (χ0) is 6.85. The molecule has 1 rings (SSSR count). The number of hydrogen-bond acceptors (Lipinski definition) is 1. The maximum atomic E-state index is 10.3. The van der Waals surface area contributed by atoms with Crippen molar-refractivity contribution in [3.05, 3.63) is 18.0 Å². The van der Waals surface area contributed by atoms with Crippen LogP contribution in [0.25, 0.3) is 0 Å². The smallest absolute Gasteiger partial charge is 0.352 e. The molecule has 9 heavy (non-hydrogen) atoms. The van der Waals surface area contributed by atoms with Crippen LogP contribution < -0.4 is 5.19 Å². The largest absolute Gasteiger partial charge is 0.477 e. The SMILES string of the molecule is O=C(O)c1[nH]ccc1[SiH3]. The molecule has 2 N–H and O–H groups in total. The lowest BCUT2D eigenvalue weighted by Gasteiger charge is -1.87. The maximum absolute atomic E-state index is 10.3. The van der Waals surface area contributed by atoms with Crippen molar-refractivity contribution in [2.24, 2.45) is 0 Å². The molecule has 1 aromatic rings. The lowest BCUT2D eigenvalue weighted by Crippen LogP contribution is -2.12. The highest BCUT2D eigenvalue weighted by atomic mass is 28.1. The highest BCUT2D eigenvalue weighted by Crippen LogP contribution is 1.87. The number of rotatable bonds is 1. The van der Waals surface area contributed by atoms with Crippen LogP contribution in [0, 0.1) is 0 Å². The van der Waals surface area contributed by atoms with Crippen LogP contribution in [0.3, 0.4) is 0 Å². The van der Waals surface area contributed by atoms with Gasteiger partial charge in [0, 0.05) is 16.4 Å². The summed E-state index contributed by atoms with van der Waals surface area (Å²) in [5.41, 5.74) is 0.335. The molecule has 0 aliphatic carbocycles. The van der Waals surface area contributed by atoms with E-state index in [1.54, 1.807) is 12.3 Å². The summed E-state index contributed by atoms with van der Waals surface area (Å²) in [5, 5.41) is 9.35. The normalized spacial score (nSPS) is 9.78. The first-order valence-corrected chi connectivity index (χ1v) is 3.59. The summed E-state index contributed by atoms with van der Waals surface area (Å²) in [4.78, 5) is 12.9. The number of aromatic amines is 1. The van der Waals surface area contributed by atoms with Gasteiger partial charge in [-0.1, -0.05) is 0 Å². The Kier molecular flexibility index (Phi) is 1.40. The van der Waals surface area contributed by atoms with Gasteiger partial charge in [-0.05, 0) is 11.3 Å². The predicted octanol–water partition coefficient (Wildman–Crippen LogP) is -1.30. The second-order valence-corrected chi connectivity index (χ2v) is 2.92. The van der Waals surface area contributed by atoms with Crippen molar-refractivity contribution in [3.8, 4) is 0 Å². The lowest BCUT2D eigenvalue weighted by atomic mass is 10.4. The van der Waals surface area contributed by atoms with Gasteiger partial charge in [0.15, 0.2) is 0 Å². The van der Waals surface area contributed by atoms with Gasteiger partial charge in [0.05, 0.1) is 0 Å². The Labute approximate surface area is 55.1 Å². The van der Waals surface area contributed by atoms with Crippen LogP contribution in [0.5, 0.6) is 0 Å². The molecule has 0 saturated heterocycles. The summed E-state index contributed by atoms with van der Waals surface area (Å²) >= 11 is 0. The molecule has 0 aromatic carbocycles. The van der Waals surface area contributed by atoms with E-state index < -0.39 is 5.97 Å². The fraction of sp³-hybridized carbons (Fsp3) is 0. The Bertz CT molecular complexity index is 231. The van der Waals surface area contributed by atoms with E-state index in [4.69, 9.17) is 5.11 Å². The van der Waals surface area contributed by atoms with Gasteiger partial charge in [0.2, 0.25) is 0 Å². The number of carboxylic acids is 1. The molecule has 0 aliphatic heterocycles. The first kappa shape index (κ1) is 6.09. The van der Waals surface area contributed by atoms with Gasteiger partial charge in [-0.15, -0.1) is 0 Å². The fourth-order valence-corrected chi connectivity index (χ4v) is 1.20. The molecule has 3 nitrogen and oxygen atoms in total. The summed E-state index contributed by atoms with van der Waals surface area (Å²) < 4.78 is 0. The number of carbonyl (C=O) groups is 1. The van der Waals surface area contributed by atoms with Crippen LogP contribution in [-0.4, -0.2) is 26.3 Å². The number of aromatic nitrogens is 1. The number of aromatic carboxylic acids is 1. The van der Waals surface area contributed by atoms with Gasteiger partial charge < -0.3 is 10.1 Å². The molecule has 1 heterocycles. The van der Waals surface area contributed by atoms with Crippen LogP contribution in [0.1, 0.15) is 10.5 Å². The maximum Gasteiger partial charge on any atom is 0.352 e. The summed E-state index contributed by atoms with van der Waals surface area (Å²) in [6.45, 7) is 0. The van der Waals surface area contributed by atoms with E-state index in [0.29, 0.717) is 5.69 Å². The third-order valence-corrected chi connectivity index (χ3v) is 2.00. The molecule has 0 bridgehead atoms. The Hall–Kier alpha value is -1.03. The molecule has 0 saturated carbocycles. The van der Waals surface area contributed by atoms with E-state index in [-0.39, 0.29) is 0 Å². The van der Waals surface area contributed by atoms with E-state index in [0.717, 1.165) is 15.4 Å². The summed E-state index contributed by atoms with van der Waals surface area (Å²) in [6.07, 6.45) is 1.64. The van der Waals surface area contributed by atoms with Crippen LogP contribution in [-0.2, 0) is 0 Å². The quantitative estimate of drug-likeness (QED) is 0.478. The standard InChI is InChI=1S/C5H7NO2Si/c7-5(8)4-3(9)1-2-6-4/h1-2,6H,9H3,(H,7,8). The van der Waals surface area contributed by atoms with Gasteiger partial charge in [0.25, 0.3) is 0 Å². The molecule has 0 unspecified atom stereocenters. The molecule has 48 valence electrons. The van der Waals surface area contributed by atoms with Crippen molar-refractivity contribution in [2.75, 3.05) is 0 Å². The van der Waals surface area contributed by atoms with Gasteiger partial charge in [0.1, 0.15) is 5.69 Å². The Morgan fingerprint density at radius 2 is 2.44 bits per heavy atom. The molecule has 1 aromatic heterocycles. The zero-order valence-electron chi connectivity index (χ0n) is 5.01. The van der Waals surface area contributed by atoms with Gasteiger partial charge in [-0.25, -0.2) is 4.79 Å². The van der Waals surface area contributed by atoms with E-state index in [1.165, 1.54) is 0 Å².